The maximum atomic E-state index is 6.22. The monoisotopic (exact) mass is 353 g/mol. The molecule has 0 bridgehead atoms. The lowest BCUT2D eigenvalue weighted by Gasteiger charge is -2.18. The second-order valence-corrected chi connectivity index (χ2v) is 7.83. The third-order valence-corrected chi connectivity index (χ3v) is 5.83. The van der Waals surface area contributed by atoms with Gasteiger partial charge in [-0.25, -0.2) is 0 Å². The molecule has 3 rings (SSSR count). The zero-order valence-corrected chi connectivity index (χ0v) is 14.4. The lowest BCUT2D eigenvalue weighted by Crippen LogP contribution is -2.09. The third kappa shape index (κ3) is 3.43. The second-order valence-electron chi connectivity index (χ2n) is 4.70. The summed E-state index contributed by atoms with van der Waals surface area (Å²) in [6.45, 7) is 2.00. The van der Waals surface area contributed by atoms with E-state index in [1.165, 1.54) is 9.75 Å². The first-order chi connectivity index (χ1) is 10.1. The summed E-state index contributed by atoms with van der Waals surface area (Å²) in [5, 5.41) is 6.41. The third-order valence-electron chi connectivity index (χ3n) is 3.19. The van der Waals surface area contributed by atoms with Gasteiger partial charge in [-0.15, -0.1) is 22.7 Å². The first-order valence-corrected chi connectivity index (χ1v) is 8.90. The Kier molecular flexibility index (Phi) is 4.55. The summed E-state index contributed by atoms with van der Waals surface area (Å²) in [5.41, 5.74) is 2.09. The minimum absolute atomic E-state index is 0.0984. The number of hydrogen-bond donors (Lipinski definition) is 1. The molecule has 1 aromatic carbocycles. The molecule has 1 nitrogen and oxygen atoms in total. The molecular formula is C16H13Cl2NS2. The van der Waals surface area contributed by atoms with Gasteiger partial charge in [0.15, 0.2) is 0 Å². The van der Waals surface area contributed by atoms with E-state index in [4.69, 9.17) is 23.2 Å². The number of nitrogens with one attached hydrogen (secondary N) is 1. The van der Waals surface area contributed by atoms with Crippen LogP contribution in [0.3, 0.4) is 0 Å². The van der Waals surface area contributed by atoms with Crippen LogP contribution >= 0.6 is 45.9 Å². The first kappa shape index (κ1) is 14.9. The molecule has 0 fully saturated rings. The van der Waals surface area contributed by atoms with Crippen LogP contribution in [0.4, 0.5) is 5.69 Å². The maximum Gasteiger partial charge on any atom is 0.0954 e. The van der Waals surface area contributed by atoms with Crippen LogP contribution in [0.2, 0.25) is 9.36 Å². The highest BCUT2D eigenvalue weighted by Gasteiger charge is 2.17. The van der Waals surface area contributed by atoms with Crippen LogP contribution in [0.15, 0.2) is 47.8 Å². The van der Waals surface area contributed by atoms with Gasteiger partial charge in [-0.3, -0.25) is 0 Å². The summed E-state index contributed by atoms with van der Waals surface area (Å²) in [5.74, 6) is 0. The Balaban J connectivity index is 1.94. The SMILES string of the molecule is Cc1ccc(NC(c2cccs2)c2ccc(Cl)s2)cc1Cl. The summed E-state index contributed by atoms with van der Waals surface area (Å²) in [6, 6.07) is 14.3. The smallest absolute Gasteiger partial charge is 0.0954 e. The van der Waals surface area contributed by atoms with Crippen LogP contribution in [-0.4, -0.2) is 0 Å². The Morgan fingerprint density at radius 1 is 1.05 bits per heavy atom. The number of aryl methyl sites for hydroxylation is 1. The summed E-state index contributed by atoms with van der Waals surface area (Å²) < 4.78 is 0.801. The fraction of sp³-hybridized carbons (Fsp3) is 0.125. The van der Waals surface area contributed by atoms with Gasteiger partial charge in [0.25, 0.3) is 0 Å². The van der Waals surface area contributed by atoms with Gasteiger partial charge in [0.05, 0.1) is 10.4 Å². The van der Waals surface area contributed by atoms with Gasteiger partial charge >= 0.3 is 0 Å². The average Bonchev–Trinajstić information content (AvgIpc) is 3.11. The van der Waals surface area contributed by atoms with E-state index < -0.39 is 0 Å². The zero-order valence-electron chi connectivity index (χ0n) is 11.3. The van der Waals surface area contributed by atoms with Gasteiger partial charge in [-0.2, -0.15) is 0 Å². The molecule has 0 saturated heterocycles. The molecule has 1 atom stereocenters. The number of anilines is 1. The van der Waals surface area contributed by atoms with Gasteiger partial charge in [0, 0.05) is 20.5 Å². The highest BCUT2D eigenvalue weighted by atomic mass is 35.5. The van der Waals surface area contributed by atoms with Crippen molar-refractivity contribution in [2.45, 2.75) is 13.0 Å². The van der Waals surface area contributed by atoms with E-state index in [1.54, 1.807) is 22.7 Å². The molecule has 0 spiro atoms. The molecule has 5 heteroatoms. The van der Waals surface area contributed by atoms with E-state index in [-0.39, 0.29) is 6.04 Å². The maximum absolute atomic E-state index is 6.22. The molecular weight excluding hydrogens is 341 g/mol. The summed E-state index contributed by atoms with van der Waals surface area (Å²) in [4.78, 5) is 2.45. The number of thiophene rings is 2. The fourth-order valence-electron chi connectivity index (χ4n) is 2.07. The average molecular weight is 354 g/mol. The quantitative estimate of drug-likeness (QED) is 0.555. The standard InChI is InChI=1S/C16H13Cl2NS2/c1-10-4-5-11(9-12(10)17)19-16(13-3-2-8-20-13)14-6-7-15(18)21-14/h2-9,16,19H,1H3. The summed E-state index contributed by atoms with van der Waals surface area (Å²) in [6.07, 6.45) is 0. The molecule has 2 aromatic heterocycles. The highest BCUT2D eigenvalue weighted by Crippen LogP contribution is 2.36. The molecule has 0 radical (unpaired) electrons. The Morgan fingerprint density at radius 3 is 2.52 bits per heavy atom. The normalized spacial score (nSPS) is 12.3. The van der Waals surface area contributed by atoms with E-state index >= 15 is 0 Å². The van der Waals surface area contributed by atoms with Crippen molar-refractivity contribution in [1.82, 2.24) is 0 Å². The van der Waals surface area contributed by atoms with E-state index in [0.717, 1.165) is 20.6 Å². The van der Waals surface area contributed by atoms with E-state index in [0.29, 0.717) is 0 Å². The van der Waals surface area contributed by atoms with E-state index in [2.05, 4.69) is 35.0 Å². The first-order valence-electron chi connectivity index (χ1n) is 6.45. The molecule has 3 aromatic rings. The van der Waals surface area contributed by atoms with Gasteiger partial charge < -0.3 is 5.32 Å². The molecule has 1 N–H and O–H groups in total. The lowest BCUT2D eigenvalue weighted by atomic mass is 10.1. The lowest BCUT2D eigenvalue weighted by molar-refractivity contribution is 0.993. The van der Waals surface area contributed by atoms with Crippen molar-refractivity contribution >= 4 is 51.6 Å². The molecule has 0 aliphatic carbocycles. The Labute approximate surface area is 142 Å². The summed E-state index contributed by atoms with van der Waals surface area (Å²) in [7, 11) is 0. The van der Waals surface area contributed by atoms with Crippen molar-refractivity contribution in [2.24, 2.45) is 0 Å². The van der Waals surface area contributed by atoms with Gasteiger partial charge in [0.2, 0.25) is 0 Å². The molecule has 108 valence electrons. The minimum atomic E-state index is 0.0984. The molecule has 0 saturated carbocycles. The van der Waals surface area contributed by atoms with Crippen molar-refractivity contribution in [3.63, 3.8) is 0 Å². The number of rotatable bonds is 4. The van der Waals surface area contributed by atoms with Crippen LogP contribution in [0.5, 0.6) is 0 Å². The molecule has 21 heavy (non-hydrogen) atoms. The van der Waals surface area contributed by atoms with E-state index in [1.807, 2.05) is 25.1 Å². The van der Waals surface area contributed by atoms with E-state index in [9.17, 15) is 0 Å². The predicted octanol–water partition coefficient (Wildman–Crippen LogP) is 6.63. The van der Waals surface area contributed by atoms with Gasteiger partial charge in [-0.1, -0.05) is 35.3 Å². The van der Waals surface area contributed by atoms with Crippen LogP contribution in [0.1, 0.15) is 21.4 Å². The van der Waals surface area contributed by atoms with Gasteiger partial charge in [0.1, 0.15) is 0 Å². The molecule has 0 aliphatic rings. The van der Waals surface area contributed by atoms with Crippen LogP contribution in [0, 0.1) is 6.92 Å². The van der Waals surface area contributed by atoms with Crippen molar-refractivity contribution < 1.29 is 0 Å². The minimum Gasteiger partial charge on any atom is -0.373 e. The molecule has 2 heterocycles. The molecule has 1 unspecified atom stereocenters. The van der Waals surface area contributed by atoms with Gasteiger partial charge in [-0.05, 0) is 48.2 Å². The second kappa shape index (κ2) is 6.41. The van der Waals surface area contributed by atoms with Crippen LogP contribution in [-0.2, 0) is 0 Å². The molecule has 0 amide bonds. The van der Waals surface area contributed by atoms with Crippen LogP contribution < -0.4 is 5.32 Å². The van der Waals surface area contributed by atoms with Crippen LogP contribution in [0.25, 0.3) is 0 Å². The number of halogens is 2. The van der Waals surface area contributed by atoms with Crippen molar-refractivity contribution in [2.75, 3.05) is 5.32 Å². The topological polar surface area (TPSA) is 12.0 Å². The van der Waals surface area contributed by atoms with Crippen molar-refractivity contribution in [1.29, 1.82) is 0 Å². The summed E-state index contributed by atoms with van der Waals surface area (Å²) >= 11 is 15.6. The highest BCUT2D eigenvalue weighted by molar-refractivity contribution is 7.16. The Hall–Kier alpha value is -1.000. The Bertz CT molecular complexity index is 735. The Morgan fingerprint density at radius 2 is 1.90 bits per heavy atom. The van der Waals surface area contributed by atoms with Crippen molar-refractivity contribution in [3.8, 4) is 0 Å². The van der Waals surface area contributed by atoms with Crippen molar-refractivity contribution in [3.05, 3.63) is 72.5 Å². The molecule has 0 aliphatic heterocycles. The fourth-order valence-corrected chi connectivity index (χ4v) is 4.25. The number of benzene rings is 1. The zero-order chi connectivity index (χ0) is 14.8. The predicted molar refractivity (Wildman–Crippen MR) is 95.3 cm³/mol. The largest absolute Gasteiger partial charge is 0.373 e. The number of hydrogen-bond acceptors (Lipinski definition) is 3.